The highest BCUT2D eigenvalue weighted by atomic mass is 19.1. The smallest absolute Gasteiger partial charge is 0.226 e. The second kappa shape index (κ2) is 7.03. The molecule has 0 spiro atoms. The van der Waals surface area contributed by atoms with Gasteiger partial charge in [0.1, 0.15) is 12.1 Å². The third-order valence-corrected chi connectivity index (χ3v) is 4.24. The molecule has 0 aliphatic carbocycles. The van der Waals surface area contributed by atoms with Crippen LogP contribution in [0.2, 0.25) is 0 Å². The monoisotopic (exact) mass is 303 g/mol. The number of hydrogen-bond acceptors (Lipinski definition) is 4. The number of piperidine rings is 1. The lowest BCUT2D eigenvalue weighted by Crippen LogP contribution is -2.40. The van der Waals surface area contributed by atoms with Gasteiger partial charge in [0.25, 0.3) is 0 Å². The van der Waals surface area contributed by atoms with E-state index < -0.39 is 0 Å². The third-order valence-electron chi connectivity index (χ3n) is 4.24. The van der Waals surface area contributed by atoms with Crippen LogP contribution in [0.5, 0.6) is 0 Å². The van der Waals surface area contributed by atoms with Gasteiger partial charge in [-0.3, -0.25) is 4.90 Å². The van der Waals surface area contributed by atoms with Crippen LogP contribution in [0.4, 0.5) is 4.39 Å². The van der Waals surface area contributed by atoms with E-state index in [2.05, 4.69) is 9.88 Å². The van der Waals surface area contributed by atoms with Crippen LogP contribution in [0.25, 0.3) is 11.5 Å². The molecule has 4 nitrogen and oxygen atoms in total. The molecule has 0 radical (unpaired) electrons. The molecule has 2 N–H and O–H groups in total. The van der Waals surface area contributed by atoms with Crippen LogP contribution in [0.3, 0.4) is 0 Å². The molecule has 1 fully saturated rings. The summed E-state index contributed by atoms with van der Waals surface area (Å²) in [5.41, 5.74) is 7.27. The number of rotatable bonds is 5. The molecule has 2 heterocycles. The van der Waals surface area contributed by atoms with E-state index in [0.717, 1.165) is 25.2 Å². The van der Waals surface area contributed by atoms with E-state index in [-0.39, 0.29) is 5.82 Å². The van der Waals surface area contributed by atoms with E-state index >= 15 is 0 Å². The van der Waals surface area contributed by atoms with Crippen LogP contribution in [0.15, 0.2) is 34.9 Å². The fourth-order valence-electron chi connectivity index (χ4n) is 3.13. The molecular weight excluding hydrogens is 281 g/mol. The summed E-state index contributed by atoms with van der Waals surface area (Å²) in [7, 11) is 0. The molecule has 3 rings (SSSR count). The Bertz CT molecular complexity index is 611. The molecule has 0 bridgehead atoms. The Morgan fingerprint density at radius 3 is 3.09 bits per heavy atom. The molecule has 1 aromatic heterocycles. The van der Waals surface area contributed by atoms with Crippen molar-refractivity contribution in [2.45, 2.75) is 38.3 Å². The maximum Gasteiger partial charge on any atom is 0.226 e. The number of oxazole rings is 1. The summed E-state index contributed by atoms with van der Waals surface area (Å²) in [6.45, 7) is 2.56. The highest BCUT2D eigenvalue weighted by molar-refractivity contribution is 5.52. The second-order valence-electron chi connectivity index (χ2n) is 5.85. The van der Waals surface area contributed by atoms with Gasteiger partial charge in [0.05, 0.1) is 5.69 Å². The summed E-state index contributed by atoms with van der Waals surface area (Å²) >= 11 is 0. The van der Waals surface area contributed by atoms with Crippen LogP contribution in [0.1, 0.15) is 31.4 Å². The summed E-state index contributed by atoms with van der Waals surface area (Å²) in [5, 5.41) is 0. The molecular formula is C17H22FN3O. The lowest BCUT2D eigenvalue weighted by atomic mass is 9.99. The molecule has 2 aromatic rings. The van der Waals surface area contributed by atoms with Crippen LogP contribution < -0.4 is 5.73 Å². The molecule has 1 aliphatic heterocycles. The molecule has 0 saturated carbocycles. The van der Waals surface area contributed by atoms with E-state index in [1.54, 1.807) is 18.4 Å². The number of nitrogens with zero attached hydrogens (tertiary/aromatic N) is 2. The standard InChI is InChI=1S/C17H22FN3O/c18-14-5-3-4-13(10-14)17-20-15(12-22-17)11-21-9-2-1-6-16(21)7-8-19/h3-5,10,12,16H,1-2,6-9,11,19H2. The van der Waals surface area contributed by atoms with Gasteiger partial charge in [-0.25, -0.2) is 9.37 Å². The quantitative estimate of drug-likeness (QED) is 0.921. The van der Waals surface area contributed by atoms with Crippen molar-refractivity contribution in [1.82, 2.24) is 9.88 Å². The maximum atomic E-state index is 13.3. The molecule has 5 heteroatoms. The average molecular weight is 303 g/mol. The van der Waals surface area contributed by atoms with E-state index in [1.165, 1.54) is 31.4 Å². The normalized spacial score (nSPS) is 19.5. The molecule has 1 aliphatic rings. The van der Waals surface area contributed by atoms with Crippen molar-refractivity contribution >= 4 is 0 Å². The van der Waals surface area contributed by atoms with E-state index in [0.29, 0.717) is 24.0 Å². The second-order valence-corrected chi connectivity index (χ2v) is 5.85. The lowest BCUT2D eigenvalue weighted by Gasteiger charge is -2.35. The highest BCUT2D eigenvalue weighted by Gasteiger charge is 2.22. The van der Waals surface area contributed by atoms with Crippen LogP contribution in [0, 0.1) is 5.82 Å². The predicted molar refractivity (Wildman–Crippen MR) is 83.6 cm³/mol. The van der Waals surface area contributed by atoms with Crippen LogP contribution in [-0.4, -0.2) is 29.0 Å². The predicted octanol–water partition coefficient (Wildman–Crippen LogP) is 3.18. The van der Waals surface area contributed by atoms with Gasteiger partial charge in [-0.1, -0.05) is 12.5 Å². The van der Waals surface area contributed by atoms with E-state index in [9.17, 15) is 4.39 Å². The van der Waals surface area contributed by atoms with Gasteiger partial charge in [0, 0.05) is 18.2 Å². The molecule has 1 aromatic carbocycles. The first-order chi connectivity index (χ1) is 10.8. The number of halogens is 1. The Hall–Kier alpha value is -1.72. The van der Waals surface area contributed by atoms with Crippen molar-refractivity contribution in [2.75, 3.05) is 13.1 Å². The summed E-state index contributed by atoms with van der Waals surface area (Å²) in [6.07, 6.45) is 6.39. The van der Waals surface area contributed by atoms with Gasteiger partial charge in [-0.15, -0.1) is 0 Å². The Labute approximate surface area is 130 Å². The molecule has 118 valence electrons. The number of nitrogens with two attached hydrogens (primary N) is 1. The van der Waals surface area contributed by atoms with Crippen molar-refractivity contribution in [3.05, 3.63) is 42.0 Å². The summed E-state index contributed by atoms with van der Waals surface area (Å²) < 4.78 is 18.8. The van der Waals surface area contributed by atoms with E-state index in [4.69, 9.17) is 10.2 Å². The lowest BCUT2D eigenvalue weighted by molar-refractivity contribution is 0.132. The number of aromatic nitrogens is 1. The van der Waals surface area contributed by atoms with Crippen molar-refractivity contribution in [2.24, 2.45) is 5.73 Å². The fraction of sp³-hybridized carbons (Fsp3) is 0.471. The van der Waals surface area contributed by atoms with Gasteiger partial charge < -0.3 is 10.2 Å². The Morgan fingerprint density at radius 1 is 1.36 bits per heavy atom. The molecule has 1 atom stereocenters. The van der Waals surface area contributed by atoms with Crippen molar-refractivity contribution in [3.8, 4) is 11.5 Å². The number of likely N-dealkylation sites (tertiary alicyclic amines) is 1. The topological polar surface area (TPSA) is 55.3 Å². The summed E-state index contributed by atoms with van der Waals surface area (Å²) in [6, 6.07) is 6.85. The Kier molecular flexibility index (Phi) is 4.85. The van der Waals surface area contributed by atoms with Crippen LogP contribution in [-0.2, 0) is 6.54 Å². The number of hydrogen-bond donors (Lipinski definition) is 1. The summed E-state index contributed by atoms with van der Waals surface area (Å²) in [5.74, 6) is 0.193. The minimum atomic E-state index is -0.281. The first-order valence-electron chi connectivity index (χ1n) is 7.91. The van der Waals surface area contributed by atoms with Crippen molar-refractivity contribution in [3.63, 3.8) is 0 Å². The molecule has 22 heavy (non-hydrogen) atoms. The zero-order chi connectivity index (χ0) is 15.4. The fourth-order valence-corrected chi connectivity index (χ4v) is 3.13. The average Bonchev–Trinajstić information content (AvgIpc) is 2.98. The largest absolute Gasteiger partial charge is 0.444 e. The molecule has 1 unspecified atom stereocenters. The maximum absolute atomic E-state index is 13.3. The van der Waals surface area contributed by atoms with Gasteiger partial charge in [-0.05, 0) is 50.6 Å². The Morgan fingerprint density at radius 2 is 2.27 bits per heavy atom. The minimum absolute atomic E-state index is 0.281. The third kappa shape index (κ3) is 3.54. The Balaban J connectivity index is 1.71. The zero-order valence-electron chi connectivity index (χ0n) is 12.7. The molecule has 1 saturated heterocycles. The van der Waals surface area contributed by atoms with Gasteiger partial charge in [-0.2, -0.15) is 0 Å². The zero-order valence-corrected chi connectivity index (χ0v) is 12.7. The first kappa shape index (κ1) is 15.2. The van der Waals surface area contributed by atoms with Crippen molar-refractivity contribution < 1.29 is 8.81 Å². The van der Waals surface area contributed by atoms with E-state index in [1.807, 2.05) is 0 Å². The SMILES string of the molecule is NCCC1CCCCN1Cc1coc(-c2cccc(F)c2)n1. The summed E-state index contributed by atoms with van der Waals surface area (Å²) in [4.78, 5) is 6.94. The minimum Gasteiger partial charge on any atom is -0.444 e. The van der Waals surface area contributed by atoms with Gasteiger partial charge in [0.15, 0.2) is 0 Å². The highest BCUT2D eigenvalue weighted by Crippen LogP contribution is 2.24. The first-order valence-corrected chi connectivity index (χ1v) is 7.91. The number of benzene rings is 1. The van der Waals surface area contributed by atoms with Gasteiger partial charge in [0.2, 0.25) is 5.89 Å². The molecule has 0 amide bonds. The van der Waals surface area contributed by atoms with Crippen molar-refractivity contribution in [1.29, 1.82) is 0 Å². The van der Waals surface area contributed by atoms with Crippen LogP contribution >= 0.6 is 0 Å². The van der Waals surface area contributed by atoms with Gasteiger partial charge >= 0.3 is 0 Å².